The van der Waals surface area contributed by atoms with Crippen LogP contribution in [0.15, 0.2) is 33.7 Å². The van der Waals surface area contributed by atoms with E-state index >= 15 is 0 Å². The maximum atomic E-state index is 12.9. The number of thioether (sulfide) groups is 1. The molecule has 0 saturated carbocycles. The standard InChI is InChI=1S/C20H22N2O5S3/c1-10-16(28)22-17(10)29-19(3,4)20(22,18(23)24)14-11(2)21-27-15(14)12-6-8-13(9-7-12)30(5,25)26/h6-10,17H,1-5H3,(H,23,24)/t10-,17-,20+/m1/s1. The van der Waals surface area contributed by atoms with E-state index in [4.69, 9.17) is 16.7 Å². The van der Waals surface area contributed by atoms with Gasteiger partial charge in [0, 0.05) is 17.7 Å². The zero-order valence-corrected chi connectivity index (χ0v) is 19.6. The number of carboxylic acid groups (broad SMARTS) is 1. The van der Waals surface area contributed by atoms with Crippen molar-refractivity contribution in [3.8, 4) is 11.3 Å². The maximum absolute atomic E-state index is 12.9. The number of benzene rings is 1. The van der Waals surface area contributed by atoms with Gasteiger partial charge in [-0.05, 0) is 45.0 Å². The average molecular weight is 467 g/mol. The van der Waals surface area contributed by atoms with Gasteiger partial charge in [0.05, 0.1) is 31.3 Å². The second-order valence-electron chi connectivity index (χ2n) is 8.30. The molecule has 160 valence electrons. The van der Waals surface area contributed by atoms with Gasteiger partial charge < -0.3 is 14.5 Å². The highest BCUT2D eigenvalue weighted by Crippen LogP contribution is 2.64. The molecule has 30 heavy (non-hydrogen) atoms. The maximum Gasteiger partial charge on any atom is 0.336 e. The second kappa shape index (κ2) is 6.54. The van der Waals surface area contributed by atoms with E-state index in [1.807, 2.05) is 25.7 Å². The summed E-state index contributed by atoms with van der Waals surface area (Å²) in [6.45, 7) is 7.54. The first-order valence-corrected chi connectivity index (χ1v) is 12.5. The molecule has 2 aliphatic heterocycles. The SMILES string of the molecule is Cc1noc(-c2ccc(S(C)(=O)=O)cc2)c1[C@@]1(C(=O)O)N2C(=S)[C@@H](C)[C@H]2SC1(C)C. The van der Waals surface area contributed by atoms with Crippen LogP contribution in [0.1, 0.15) is 32.0 Å². The Bertz CT molecular complexity index is 1170. The molecule has 7 nitrogen and oxygen atoms in total. The zero-order chi connectivity index (χ0) is 22.2. The molecular formula is C20H22N2O5S3. The quantitative estimate of drug-likeness (QED) is 0.679. The predicted octanol–water partition coefficient (Wildman–Crippen LogP) is 3.46. The van der Waals surface area contributed by atoms with Gasteiger partial charge in [-0.15, -0.1) is 11.8 Å². The summed E-state index contributed by atoms with van der Waals surface area (Å²) >= 11 is 7.17. The largest absolute Gasteiger partial charge is 0.479 e. The van der Waals surface area contributed by atoms with Gasteiger partial charge in [0.25, 0.3) is 0 Å². The molecule has 0 amide bonds. The molecule has 2 saturated heterocycles. The molecule has 1 N–H and O–H groups in total. The Labute approximate surface area is 184 Å². The summed E-state index contributed by atoms with van der Waals surface area (Å²) in [5.74, 6) is -0.605. The van der Waals surface area contributed by atoms with Crippen LogP contribution >= 0.6 is 24.0 Å². The lowest BCUT2D eigenvalue weighted by molar-refractivity contribution is -0.152. The monoisotopic (exact) mass is 466 g/mol. The van der Waals surface area contributed by atoms with Gasteiger partial charge in [-0.1, -0.05) is 24.3 Å². The van der Waals surface area contributed by atoms with Crippen molar-refractivity contribution < 1.29 is 22.8 Å². The van der Waals surface area contributed by atoms with Gasteiger partial charge in [0.15, 0.2) is 21.1 Å². The van der Waals surface area contributed by atoms with Crippen LogP contribution in [0, 0.1) is 12.8 Å². The van der Waals surface area contributed by atoms with Crippen molar-refractivity contribution in [1.29, 1.82) is 0 Å². The number of nitrogens with zero attached hydrogens (tertiary/aromatic N) is 2. The number of sulfone groups is 1. The minimum absolute atomic E-state index is 0.0432. The predicted molar refractivity (Wildman–Crippen MR) is 118 cm³/mol. The molecule has 1 aromatic heterocycles. The van der Waals surface area contributed by atoms with Crippen molar-refractivity contribution in [1.82, 2.24) is 10.1 Å². The summed E-state index contributed by atoms with van der Waals surface area (Å²) < 4.78 is 28.5. The normalized spacial score (nSPS) is 27.6. The molecule has 0 radical (unpaired) electrons. The molecule has 4 rings (SSSR count). The summed E-state index contributed by atoms with van der Waals surface area (Å²) in [6, 6.07) is 6.18. The molecule has 2 fully saturated rings. The highest BCUT2D eigenvalue weighted by molar-refractivity contribution is 8.02. The average Bonchev–Trinajstić information content (AvgIpc) is 3.14. The van der Waals surface area contributed by atoms with Gasteiger partial charge in [-0.25, -0.2) is 13.2 Å². The van der Waals surface area contributed by atoms with Gasteiger partial charge in [-0.2, -0.15) is 0 Å². The second-order valence-corrected chi connectivity index (χ2v) is 12.5. The Morgan fingerprint density at radius 3 is 2.43 bits per heavy atom. The Kier molecular flexibility index (Phi) is 4.65. The first-order chi connectivity index (χ1) is 13.8. The molecule has 1 aromatic carbocycles. The molecule has 3 atom stereocenters. The van der Waals surface area contributed by atoms with Crippen molar-refractivity contribution in [3.63, 3.8) is 0 Å². The summed E-state index contributed by atoms with van der Waals surface area (Å²) in [6.07, 6.45) is 1.13. The zero-order valence-electron chi connectivity index (χ0n) is 17.2. The fraction of sp³-hybridized carbons (Fsp3) is 0.450. The molecule has 0 unspecified atom stereocenters. The minimum atomic E-state index is -3.36. The van der Waals surface area contributed by atoms with Gasteiger partial charge in [0.2, 0.25) is 0 Å². The van der Waals surface area contributed by atoms with Crippen molar-refractivity contribution >= 4 is 44.8 Å². The third-order valence-corrected chi connectivity index (χ3v) is 9.48. The number of fused-ring (bicyclic) bond motifs is 1. The summed E-state index contributed by atoms with van der Waals surface area (Å²) in [5, 5.41) is 14.6. The van der Waals surface area contributed by atoms with E-state index in [2.05, 4.69) is 5.16 Å². The minimum Gasteiger partial charge on any atom is -0.479 e. The Hall–Kier alpha value is -1.91. The highest BCUT2D eigenvalue weighted by atomic mass is 32.2. The highest BCUT2D eigenvalue weighted by Gasteiger charge is 2.72. The van der Waals surface area contributed by atoms with Crippen molar-refractivity contribution in [2.45, 2.75) is 48.3 Å². The van der Waals surface area contributed by atoms with Gasteiger partial charge >= 0.3 is 5.97 Å². The fourth-order valence-corrected chi connectivity index (χ4v) is 7.47. The number of thiocarbonyl (C=S) groups is 1. The molecule has 3 heterocycles. The van der Waals surface area contributed by atoms with E-state index in [9.17, 15) is 18.3 Å². The van der Waals surface area contributed by atoms with Crippen LogP contribution in [-0.2, 0) is 20.2 Å². The Balaban J connectivity index is 1.95. The van der Waals surface area contributed by atoms with Crippen LogP contribution in [0.5, 0.6) is 0 Å². The van der Waals surface area contributed by atoms with Crippen LogP contribution in [0.3, 0.4) is 0 Å². The third-order valence-electron chi connectivity index (χ3n) is 6.04. The van der Waals surface area contributed by atoms with Crippen LogP contribution in [-0.4, -0.2) is 50.9 Å². The lowest BCUT2D eigenvalue weighted by atomic mass is 9.73. The first-order valence-electron chi connectivity index (χ1n) is 9.35. The number of hydrogen-bond acceptors (Lipinski definition) is 7. The van der Waals surface area contributed by atoms with Crippen molar-refractivity contribution in [2.24, 2.45) is 5.92 Å². The Morgan fingerprint density at radius 1 is 1.30 bits per heavy atom. The van der Waals surface area contributed by atoms with E-state index in [1.165, 1.54) is 12.1 Å². The molecular weight excluding hydrogens is 444 g/mol. The molecule has 2 aliphatic rings. The molecule has 0 spiro atoms. The number of aromatic nitrogens is 1. The number of rotatable bonds is 4. The number of carbonyl (C=O) groups is 1. The molecule has 2 aromatic rings. The van der Waals surface area contributed by atoms with Crippen molar-refractivity contribution in [3.05, 3.63) is 35.5 Å². The lowest BCUT2D eigenvalue weighted by Gasteiger charge is -2.51. The number of aliphatic carboxylic acids is 1. The third kappa shape index (κ3) is 2.63. The van der Waals surface area contributed by atoms with Gasteiger partial charge in [-0.3, -0.25) is 0 Å². The smallest absolute Gasteiger partial charge is 0.336 e. The fourth-order valence-electron chi connectivity index (χ4n) is 4.53. The van der Waals surface area contributed by atoms with Crippen LogP contribution < -0.4 is 0 Å². The van der Waals surface area contributed by atoms with E-state index in [0.717, 1.165) is 6.26 Å². The molecule has 10 heteroatoms. The number of aryl methyl sites for hydroxylation is 1. The van der Waals surface area contributed by atoms with E-state index < -0.39 is 26.1 Å². The summed E-state index contributed by atoms with van der Waals surface area (Å²) in [7, 11) is -3.36. The summed E-state index contributed by atoms with van der Waals surface area (Å²) in [4.78, 5) is 15.5. The van der Waals surface area contributed by atoms with E-state index in [1.54, 1.807) is 30.8 Å². The van der Waals surface area contributed by atoms with E-state index in [0.29, 0.717) is 27.6 Å². The molecule has 0 aliphatic carbocycles. The Morgan fingerprint density at radius 2 is 1.90 bits per heavy atom. The first kappa shape index (κ1) is 21.3. The summed E-state index contributed by atoms with van der Waals surface area (Å²) in [5.41, 5.74) is 0.0240. The van der Waals surface area contributed by atoms with Gasteiger partial charge in [0.1, 0.15) is 0 Å². The number of carboxylic acids is 1. The lowest BCUT2D eigenvalue weighted by Crippen LogP contribution is -2.67. The number of hydrogen-bond donors (Lipinski definition) is 1. The molecule has 0 bridgehead atoms. The topological polar surface area (TPSA) is 101 Å². The van der Waals surface area contributed by atoms with Crippen LogP contribution in [0.2, 0.25) is 0 Å². The van der Waals surface area contributed by atoms with Crippen LogP contribution in [0.25, 0.3) is 11.3 Å². The van der Waals surface area contributed by atoms with Crippen molar-refractivity contribution in [2.75, 3.05) is 6.26 Å². The van der Waals surface area contributed by atoms with Crippen LogP contribution in [0.4, 0.5) is 0 Å². The van der Waals surface area contributed by atoms with E-state index in [-0.39, 0.29) is 16.2 Å².